The Hall–Kier alpha value is -5.00. The number of benzene rings is 4. The average Bonchev–Trinajstić information content (AvgIpc) is 3.77. The molecule has 39 heavy (non-hydrogen) atoms. The van der Waals surface area contributed by atoms with Crippen LogP contribution >= 0.6 is 11.3 Å². The van der Waals surface area contributed by atoms with E-state index in [-0.39, 0.29) is 0 Å². The summed E-state index contributed by atoms with van der Waals surface area (Å²) in [6, 6.07) is 45.1. The highest BCUT2D eigenvalue weighted by molar-refractivity contribution is 7.18. The lowest BCUT2D eigenvalue weighted by Gasteiger charge is -2.08. The van der Waals surface area contributed by atoms with Gasteiger partial charge in [-0.05, 0) is 68.8 Å². The summed E-state index contributed by atoms with van der Waals surface area (Å²) < 4.78 is 0. The third-order valence-corrected chi connectivity index (χ3v) is 7.63. The predicted octanol–water partition coefficient (Wildman–Crippen LogP) is 8.45. The van der Waals surface area contributed by atoms with Gasteiger partial charge in [-0.3, -0.25) is 0 Å². The normalized spacial score (nSPS) is 11.1. The van der Waals surface area contributed by atoms with Gasteiger partial charge in [-0.1, -0.05) is 121 Å². The first-order valence-electron chi connectivity index (χ1n) is 12.8. The summed E-state index contributed by atoms with van der Waals surface area (Å²) in [6.45, 7) is 0. The minimum atomic E-state index is 0.710. The van der Waals surface area contributed by atoms with E-state index in [4.69, 9.17) is 19.9 Å². The Morgan fingerprint density at radius 3 is 1.08 bits per heavy atom. The van der Waals surface area contributed by atoms with Crippen LogP contribution in [0.3, 0.4) is 0 Å². The summed E-state index contributed by atoms with van der Waals surface area (Å²) in [4.78, 5) is 22.0. The van der Waals surface area contributed by atoms with Crippen LogP contribution in [0.15, 0.2) is 133 Å². The lowest BCUT2D eigenvalue weighted by atomic mass is 10.1. The zero-order chi connectivity index (χ0) is 26.0. The summed E-state index contributed by atoms with van der Waals surface area (Å²) >= 11 is 1.61. The van der Waals surface area contributed by atoms with Gasteiger partial charge in [0.2, 0.25) is 0 Å². The molecule has 3 aromatic heterocycles. The molecule has 0 spiro atoms. The van der Waals surface area contributed by atoms with Crippen molar-refractivity contribution in [2.24, 2.45) is 0 Å². The van der Waals surface area contributed by atoms with Crippen LogP contribution in [0.1, 0.15) is 0 Å². The first-order chi connectivity index (χ1) is 19.3. The maximum atomic E-state index is 5.01. The lowest BCUT2D eigenvalue weighted by molar-refractivity contribution is 1.30. The van der Waals surface area contributed by atoms with E-state index in [0.29, 0.717) is 11.6 Å². The first-order valence-corrected chi connectivity index (χ1v) is 13.6. The van der Waals surface area contributed by atoms with Crippen LogP contribution in [0, 0.1) is 0 Å². The number of aromatic nitrogens is 4. The standard InChI is InChI=1S/C34H22N4S/c1-5-13-23(14-6-1)29-30(24-15-7-2-8-16-24)36-33(35-29)27-21-22-28(39-27)34-37-31(25-17-9-3-10-18-25)32(38-34)26-19-11-4-12-20-26/h1-22H/q-2. The second-order valence-corrected chi connectivity index (χ2v) is 10.2. The van der Waals surface area contributed by atoms with Crippen molar-refractivity contribution < 1.29 is 0 Å². The van der Waals surface area contributed by atoms with E-state index in [1.807, 2.05) is 72.8 Å². The van der Waals surface area contributed by atoms with Gasteiger partial charge in [0.25, 0.3) is 0 Å². The fraction of sp³-hybridized carbons (Fsp3) is 0. The van der Waals surface area contributed by atoms with E-state index >= 15 is 0 Å². The molecule has 0 atom stereocenters. The van der Waals surface area contributed by atoms with Crippen LogP contribution in [-0.4, -0.2) is 9.97 Å². The van der Waals surface area contributed by atoms with Gasteiger partial charge < -0.3 is 19.9 Å². The van der Waals surface area contributed by atoms with Crippen LogP contribution in [0.2, 0.25) is 0 Å². The Morgan fingerprint density at radius 2 is 0.718 bits per heavy atom. The van der Waals surface area contributed by atoms with Crippen molar-refractivity contribution in [2.75, 3.05) is 0 Å². The van der Waals surface area contributed by atoms with Gasteiger partial charge in [-0.2, -0.15) is 0 Å². The SMILES string of the molecule is c1ccc(-c2nc(-c3ccc(-c4nc(-c5ccccc5)c(-c5ccccc5)[n-]4)s3)[n-]c2-c2ccccc2)cc1. The summed E-state index contributed by atoms with van der Waals surface area (Å²) in [6.07, 6.45) is 0. The molecule has 4 aromatic carbocycles. The van der Waals surface area contributed by atoms with Crippen LogP contribution in [0.4, 0.5) is 0 Å². The van der Waals surface area contributed by atoms with Crippen molar-refractivity contribution in [3.05, 3.63) is 133 Å². The predicted molar refractivity (Wildman–Crippen MR) is 159 cm³/mol. The molecule has 3 heterocycles. The molecule has 4 nitrogen and oxygen atoms in total. The fourth-order valence-corrected chi connectivity index (χ4v) is 5.55. The highest BCUT2D eigenvalue weighted by Gasteiger charge is 2.11. The van der Waals surface area contributed by atoms with Crippen LogP contribution in [0.5, 0.6) is 0 Å². The molecule has 0 unspecified atom stereocenters. The monoisotopic (exact) mass is 518 g/mol. The van der Waals surface area contributed by atoms with Crippen molar-refractivity contribution in [1.29, 1.82) is 0 Å². The molecule has 0 bridgehead atoms. The topological polar surface area (TPSA) is 54.0 Å². The number of imidazole rings is 2. The van der Waals surface area contributed by atoms with Gasteiger partial charge >= 0.3 is 0 Å². The lowest BCUT2D eigenvalue weighted by Crippen LogP contribution is -1.84. The molecule has 0 aliphatic rings. The number of nitrogens with zero attached hydrogens (tertiary/aromatic N) is 4. The zero-order valence-corrected chi connectivity index (χ0v) is 21.7. The molecule has 7 rings (SSSR count). The van der Waals surface area contributed by atoms with Crippen molar-refractivity contribution >= 4 is 11.3 Å². The fourth-order valence-electron chi connectivity index (χ4n) is 4.67. The molecule has 0 aliphatic carbocycles. The summed E-state index contributed by atoms with van der Waals surface area (Å²) in [7, 11) is 0. The number of hydrogen-bond donors (Lipinski definition) is 0. The van der Waals surface area contributed by atoms with E-state index in [9.17, 15) is 0 Å². The molecule has 0 amide bonds. The molecule has 7 aromatic rings. The van der Waals surface area contributed by atoms with Gasteiger partial charge in [0.15, 0.2) is 0 Å². The molecule has 0 radical (unpaired) electrons. The second-order valence-electron chi connectivity index (χ2n) is 9.12. The van der Waals surface area contributed by atoms with E-state index in [2.05, 4.69) is 60.7 Å². The number of thiophene rings is 1. The highest BCUT2D eigenvalue weighted by atomic mass is 32.1. The average molecular weight is 519 g/mol. The molecular formula is C34H22N4S-2. The Kier molecular flexibility index (Phi) is 5.96. The van der Waals surface area contributed by atoms with Gasteiger partial charge in [0, 0.05) is 9.75 Å². The van der Waals surface area contributed by atoms with Crippen molar-refractivity contribution in [3.63, 3.8) is 0 Å². The molecule has 0 aliphatic heterocycles. The van der Waals surface area contributed by atoms with E-state index in [1.54, 1.807) is 11.3 Å². The molecule has 0 saturated heterocycles. The van der Waals surface area contributed by atoms with Gasteiger partial charge in [-0.15, -0.1) is 11.3 Å². The van der Waals surface area contributed by atoms with Crippen molar-refractivity contribution in [3.8, 4) is 66.4 Å². The quantitative estimate of drug-likeness (QED) is 0.222. The molecule has 5 heteroatoms. The maximum Gasteiger partial charge on any atom is 0.0267 e. The summed E-state index contributed by atoms with van der Waals surface area (Å²) in [5.74, 6) is 1.42. The molecule has 0 N–H and O–H groups in total. The first kappa shape index (κ1) is 23.1. The Bertz CT molecular complexity index is 1580. The van der Waals surface area contributed by atoms with Gasteiger partial charge in [0.05, 0.1) is 0 Å². The Morgan fingerprint density at radius 1 is 0.385 bits per heavy atom. The third-order valence-electron chi connectivity index (χ3n) is 6.56. The molecule has 0 fully saturated rings. The third kappa shape index (κ3) is 4.49. The van der Waals surface area contributed by atoms with E-state index in [1.165, 1.54) is 0 Å². The Labute approximate surface area is 230 Å². The Balaban J connectivity index is 1.31. The largest absolute Gasteiger partial charge is 0.434 e. The second kappa shape index (κ2) is 10.0. The summed E-state index contributed by atoms with van der Waals surface area (Å²) in [5.41, 5.74) is 7.72. The zero-order valence-electron chi connectivity index (χ0n) is 20.9. The molecular weight excluding hydrogens is 496 g/mol. The molecule has 0 saturated carbocycles. The van der Waals surface area contributed by atoms with Crippen LogP contribution in [0.25, 0.3) is 66.4 Å². The maximum absolute atomic E-state index is 5.01. The minimum absolute atomic E-state index is 0.710. The van der Waals surface area contributed by atoms with Crippen molar-refractivity contribution in [1.82, 2.24) is 19.9 Å². The molecule has 186 valence electrons. The van der Waals surface area contributed by atoms with Gasteiger partial charge in [-0.25, -0.2) is 0 Å². The highest BCUT2D eigenvalue weighted by Crippen LogP contribution is 2.38. The minimum Gasteiger partial charge on any atom is -0.434 e. The van der Waals surface area contributed by atoms with Gasteiger partial charge in [0.1, 0.15) is 0 Å². The number of hydrogen-bond acceptors (Lipinski definition) is 3. The van der Waals surface area contributed by atoms with Crippen LogP contribution in [-0.2, 0) is 0 Å². The summed E-state index contributed by atoms with van der Waals surface area (Å²) in [5, 5.41) is 0. The van der Waals surface area contributed by atoms with Crippen molar-refractivity contribution in [2.45, 2.75) is 0 Å². The smallest absolute Gasteiger partial charge is 0.0267 e. The van der Waals surface area contributed by atoms with E-state index in [0.717, 1.165) is 54.8 Å². The number of rotatable bonds is 6. The van der Waals surface area contributed by atoms with E-state index < -0.39 is 0 Å². The van der Waals surface area contributed by atoms with Crippen LogP contribution < -0.4 is 9.97 Å².